The summed E-state index contributed by atoms with van der Waals surface area (Å²) in [6, 6.07) is 3.93. The summed E-state index contributed by atoms with van der Waals surface area (Å²) in [5.41, 5.74) is 0. The predicted octanol–water partition coefficient (Wildman–Crippen LogP) is 1.73. The summed E-state index contributed by atoms with van der Waals surface area (Å²) in [5.74, 6) is -0.143. The van der Waals surface area contributed by atoms with Crippen molar-refractivity contribution in [3.8, 4) is 0 Å². The highest BCUT2D eigenvalue weighted by Crippen LogP contribution is 2.25. The molecule has 8 heteroatoms. The normalized spacial score (nSPS) is 26.2. The van der Waals surface area contributed by atoms with E-state index in [4.69, 9.17) is 5.11 Å². The lowest BCUT2D eigenvalue weighted by Crippen LogP contribution is -2.53. The number of piperidine rings is 1. The lowest BCUT2D eigenvalue weighted by Gasteiger charge is -2.38. The van der Waals surface area contributed by atoms with Crippen LogP contribution >= 0.6 is 0 Å². The largest absolute Gasteiger partial charge is 0.481 e. The minimum atomic E-state index is -0.724. The molecule has 2 amide bonds. The second-order valence-corrected chi connectivity index (χ2v) is 7.27. The molecule has 0 radical (unpaired) electrons. The van der Waals surface area contributed by atoms with Gasteiger partial charge < -0.3 is 20.2 Å². The minimum absolute atomic E-state index is 0.0697. The highest BCUT2D eigenvalue weighted by atomic mass is 16.4. The fraction of sp³-hybridized carbons (Fsp3) is 0.667. The number of likely N-dealkylation sites (N-methyl/N-ethyl adjacent to an activating group) is 1. The van der Waals surface area contributed by atoms with Crippen molar-refractivity contribution in [3.63, 3.8) is 0 Å². The third kappa shape index (κ3) is 4.42. The van der Waals surface area contributed by atoms with E-state index in [1.54, 1.807) is 11.1 Å². The number of hydrogen-bond donors (Lipinski definition) is 2. The molecule has 3 rings (SSSR count). The van der Waals surface area contributed by atoms with E-state index in [2.05, 4.69) is 20.4 Å². The molecule has 2 heterocycles. The van der Waals surface area contributed by atoms with Crippen molar-refractivity contribution in [2.45, 2.75) is 50.6 Å². The second-order valence-electron chi connectivity index (χ2n) is 7.27. The van der Waals surface area contributed by atoms with Crippen LogP contribution in [0.1, 0.15) is 38.5 Å². The highest BCUT2D eigenvalue weighted by molar-refractivity contribution is 5.75. The number of rotatable bonds is 4. The predicted molar refractivity (Wildman–Crippen MR) is 96.9 cm³/mol. The molecule has 1 aliphatic carbocycles. The monoisotopic (exact) mass is 361 g/mol. The first kappa shape index (κ1) is 18.4. The first-order chi connectivity index (χ1) is 12.5. The van der Waals surface area contributed by atoms with E-state index in [1.807, 2.05) is 19.2 Å². The standard InChI is InChI=1S/C18H27N5O3/c1-22(18(26)20-14-8-6-13(7-9-14)17(24)25)15-4-3-11-23(12-15)16-5-2-10-19-21-16/h2,5,10,13-15H,3-4,6-9,11-12H2,1H3,(H,20,26)(H,24,25). The number of amides is 2. The van der Waals surface area contributed by atoms with E-state index in [-0.39, 0.29) is 24.0 Å². The number of nitrogens with zero attached hydrogens (tertiary/aromatic N) is 4. The molecule has 1 aromatic rings. The van der Waals surface area contributed by atoms with Gasteiger partial charge in [-0.25, -0.2) is 4.79 Å². The van der Waals surface area contributed by atoms with Gasteiger partial charge in [0, 0.05) is 32.4 Å². The molecular formula is C18H27N5O3. The third-order valence-corrected chi connectivity index (χ3v) is 5.55. The van der Waals surface area contributed by atoms with Crippen LogP contribution in [0.3, 0.4) is 0 Å². The molecule has 2 aliphatic rings. The van der Waals surface area contributed by atoms with Crippen molar-refractivity contribution < 1.29 is 14.7 Å². The van der Waals surface area contributed by atoms with Crippen molar-refractivity contribution in [2.75, 3.05) is 25.0 Å². The maximum Gasteiger partial charge on any atom is 0.317 e. The van der Waals surface area contributed by atoms with E-state index in [0.717, 1.165) is 44.6 Å². The average Bonchev–Trinajstić information content (AvgIpc) is 2.68. The van der Waals surface area contributed by atoms with Gasteiger partial charge in [-0.2, -0.15) is 5.10 Å². The summed E-state index contributed by atoms with van der Waals surface area (Å²) in [6.07, 6.45) is 6.35. The molecule has 8 nitrogen and oxygen atoms in total. The summed E-state index contributed by atoms with van der Waals surface area (Å²) in [7, 11) is 1.84. The molecule has 142 valence electrons. The highest BCUT2D eigenvalue weighted by Gasteiger charge is 2.30. The number of carboxylic acid groups (broad SMARTS) is 1. The van der Waals surface area contributed by atoms with Crippen molar-refractivity contribution in [1.82, 2.24) is 20.4 Å². The van der Waals surface area contributed by atoms with E-state index in [1.165, 1.54) is 0 Å². The Balaban J connectivity index is 1.51. The average molecular weight is 361 g/mol. The smallest absolute Gasteiger partial charge is 0.317 e. The van der Waals surface area contributed by atoms with Crippen LogP contribution in [0.25, 0.3) is 0 Å². The molecule has 1 aromatic heterocycles. The summed E-state index contributed by atoms with van der Waals surface area (Å²) in [5, 5.41) is 20.3. The van der Waals surface area contributed by atoms with Crippen LogP contribution in [0.2, 0.25) is 0 Å². The van der Waals surface area contributed by atoms with Crippen molar-refractivity contribution in [2.24, 2.45) is 5.92 Å². The number of carboxylic acids is 1. The molecule has 1 unspecified atom stereocenters. The molecule has 1 atom stereocenters. The Hall–Kier alpha value is -2.38. The van der Waals surface area contributed by atoms with Gasteiger partial charge in [0.05, 0.1) is 12.0 Å². The van der Waals surface area contributed by atoms with Gasteiger partial charge >= 0.3 is 12.0 Å². The van der Waals surface area contributed by atoms with Crippen molar-refractivity contribution >= 4 is 17.8 Å². The van der Waals surface area contributed by atoms with Gasteiger partial charge in [0.15, 0.2) is 5.82 Å². The van der Waals surface area contributed by atoms with Crippen molar-refractivity contribution in [3.05, 3.63) is 18.3 Å². The Morgan fingerprint density at radius 2 is 2.04 bits per heavy atom. The van der Waals surface area contributed by atoms with Gasteiger partial charge in [-0.15, -0.1) is 5.10 Å². The number of carbonyl (C=O) groups is 2. The topological polar surface area (TPSA) is 98.7 Å². The van der Waals surface area contributed by atoms with Gasteiger partial charge in [0.1, 0.15) is 0 Å². The fourth-order valence-corrected chi connectivity index (χ4v) is 3.87. The lowest BCUT2D eigenvalue weighted by molar-refractivity contribution is -0.142. The zero-order chi connectivity index (χ0) is 18.5. The molecule has 2 fully saturated rings. The molecular weight excluding hydrogens is 334 g/mol. The summed E-state index contributed by atoms with van der Waals surface area (Å²) in [4.78, 5) is 27.6. The van der Waals surface area contributed by atoms with Crippen LogP contribution in [0.5, 0.6) is 0 Å². The molecule has 1 saturated heterocycles. The summed E-state index contributed by atoms with van der Waals surface area (Å²) >= 11 is 0. The zero-order valence-corrected chi connectivity index (χ0v) is 15.2. The van der Waals surface area contributed by atoms with Gasteiger partial charge in [0.2, 0.25) is 0 Å². The van der Waals surface area contributed by atoms with Gasteiger partial charge in [-0.05, 0) is 50.7 Å². The first-order valence-corrected chi connectivity index (χ1v) is 9.33. The van der Waals surface area contributed by atoms with Gasteiger partial charge in [-0.3, -0.25) is 4.79 Å². The SMILES string of the molecule is CN(C(=O)NC1CCC(C(=O)O)CC1)C1CCCN(c2cccnn2)C1. The second kappa shape index (κ2) is 8.33. The number of hydrogen-bond acceptors (Lipinski definition) is 5. The Kier molecular flexibility index (Phi) is 5.90. The molecule has 1 aliphatic heterocycles. The number of aromatic nitrogens is 2. The quantitative estimate of drug-likeness (QED) is 0.847. The van der Waals surface area contributed by atoms with E-state index >= 15 is 0 Å². The fourth-order valence-electron chi connectivity index (χ4n) is 3.87. The van der Waals surface area contributed by atoms with Crippen LogP contribution < -0.4 is 10.2 Å². The van der Waals surface area contributed by atoms with E-state index in [0.29, 0.717) is 12.8 Å². The molecule has 2 N–H and O–H groups in total. The van der Waals surface area contributed by atoms with Crippen LogP contribution in [0.4, 0.5) is 10.6 Å². The van der Waals surface area contributed by atoms with Crippen LogP contribution in [0, 0.1) is 5.92 Å². The van der Waals surface area contributed by atoms with Crippen molar-refractivity contribution in [1.29, 1.82) is 0 Å². The number of anilines is 1. The van der Waals surface area contributed by atoms with Crippen LogP contribution in [-0.4, -0.2) is 64.4 Å². The first-order valence-electron chi connectivity index (χ1n) is 9.33. The molecule has 1 saturated carbocycles. The van der Waals surface area contributed by atoms with Gasteiger partial charge in [0.25, 0.3) is 0 Å². The lowest BCUT2D eigenvalue weighted by atomic mass is 9.86. The Morgan fingerprint density at radius 3 is 2.69 bits per heavy atom. The maximum absolute atomic E-state index is 12.6. The molecule has 0 aromatic carbocycles. The van der Waals surface area contributed by atoms with E-state index < -0.39 is 5.97 Å². The van der Waals surface area contributed by atoms with Crippen LogP contribution in [-0.2, 0) is 4.79 Å². The Morgan fingerprint density at radius 1 is 1.27 bits per heavy atom. The van der Waals surface area contributed by atoms with E-state index in [9.17, 15) is 9.59 Å². The molecule has 0 spiro atoms. The molecule has 26 heavy (non-hydrogen) atoms. The Labute approximate surface area is 153 Å². The summed E-state index contributed by atoms with van der Waals surface area (Å²) < 4.78 is 0. The summed E-state index contributed by atoms with van der Waals surface area (Å²) in [6.45, 7) is 1.66. The van der Waals surface area contributed by atoms with Gasteiger partial charge in [-0.1, -0.05) is 0 Å². The number of urea groups is 1. The molecule has 0 bridgehead atoms. The van der Waals surface area contributed by atoms with Crippen LogP contribution in [0.15, 0.2) is 18.3 Å². The third-order valence-electron chi connectivity index (χ3n) is 5.55. The Bertz CT molecular complexity index is 619. The number of carbonyl (C=O) groups excluding carboxylic acids is 1. The maximum atomic E-state index is 12.6. The zero-order valence-electron chi connectivity index (χ0n) is 15.2. The minimum Gasteiger partial charge on any atom is -0.481 e. The number of aliphatic carboxylic acids is 1. The number of nitrogens with one attached hydrogen (secondary N) is 1.